The van der Waals surface area contributed by atoms with E-state index in [1.54, 1.807) is 0 Å². The highest BCUT2D eigenvalue weighted by molar-refractivity contribution is 7.22. The molecule has 0 bridgehead atoms. The van der Waals surface area contributed by atoms with Crippen molar-refractivity contribution in [2.75, 3.05) is 0 Å². The van der Waals surface area contributed by atoms with Crippen LogP contribution >= 0.6 is 11.3 Å². The average Bonchev–Trinajstić information content (AvgIpc) is 3.93. The van der Waals surface area contributed by atoms with Gasteiger partial charge in [-0.1, -0.05) is 159 Å². The Morgan fingerprint density at radius 1 is 0.421 bits per heavy atom. The molecule has 268 valence electrons. The Balaban J connectivity index is 1.06. The number of hydrogen-bond acceptors (Lipinski definition) is 2. The Kier molecular flexibility index (Phi) is 6.91. The predicted octanol–water partition coefficient (Wildman–Crippen LogP) is 16.1. The van der Waals surface area contributed by atoms with Crippen LogP contribution < -0.4 is 0 Å². The van der Waals surface area contributed by atoms with E-state index in [0.29, 0.717) is 0 Å². The quantitative estimate of drug-likeness (QED) is 0.164. The highest BCUT2D eigenvalue weighted by Gasteiger charge is 2.38. The lowest BCUT2D eigenvalue weighted by Gasteiger charge is -2.23. The van der Waals surface area contributed by atoms with Crippen molar-refractivity contribution < 1.29 is 4.42 Å². The van der Waals surface area contributed by atoms with E-state index in [1.807, 2.05) is 11.3 Å². The number of furan rings is 1. The third-order valence-corrected chi connectivity index (χ3v) is 13.6. The van der Waals surface area contributed by atoms with E-state index in [2.05, 4.69) is 196 Å². The normalized spacial score (nSPS) is 13.2. The van der Waals surface area contributed by atoms with Crippen LogP contribution in [0.25, 0.3) is 109 Å². The van der Waals surface area contributed by atoms with Crippen LogP contribution in [-0.4, -0.2) is 0 Å². The molecule has 0 unspecified atom stereocenters. The molecule has 1 nitrogen and oxygen atoms in total. The number of para-hydroxylation sites is 1. The van der Waals surface area contributed by atoms with Crippen LogP contribution in [0.5, 0.6) is 0 Å². The SMILES string of the molecule is CC1(C)c2ccc(-c3ccccc3-c3c4ccccc4c(-c4ccc5sc(-c6ccccc6)cc5c4)c4ccccc34)cc2-c2ccc3oc4ccccc4c3c21. The first-order chi connectivity index (χ1) is 28.0. The minimum absolute atomic E-state index is 0.174. The number of thiophene rings is 1. The minimum Gasteiger partial charge on any atom is -0.456 e. The van der Waals surface area contributed by atoms with Crippen molar-refractivity contribution in [2.45, 2.75) is 19.3 Å². The van der Waals surface area contributed by atoms with Gasteiger partial charge in [0.05, 0.1) is 0 Å². The topological polar surface area (TPSA) is 13.1 Å². The van der Waals surface area contributed by atoms with Crippen LogP contribution in [0.15, 0.2) is 186 Å². The number of rotatable bonds is 4. The lowest BCUT2D eigenvalue weighted by Crippen LogP contribution is -2.15. The third-order valence-electron chi connectivity index (χ3n) is 12.5. The van der Waals surface area contributed by atoms with E-state index in [1.165, 1.54) is 108 Å². The van der Waals surface area contributed by atoms with Crippen LogP contribution in [0.2, 0.25) is 0 Å². The molecule has 2 heteroatoms. The molecule has 57 heavy (non-hydrogen) atoms. The van der Waals surface area contributed by atoms with Crippen LogP contribution in [-0.2, 0) is 5.41 Å². The fourth-order valence-electron chi connectivity index (χ4n) is 9.93. The number of benzene rings is 9. The largest absolute Gasteiger partial charge is 0.456 e. The molecule has 1 aliphatic rings. The van der Waals surface area contributed by atoms with Gasteiger partial charge in [0.2, 0.25) is 0 Å². The summed E-state index contributed by atoms with van der Waals surface area (Å²) in [7, 11) is 0. The van der Waals surface area contributed by atoms with Crippen molar-refractivity contribution in [1.29, 1.82) is 0 Å². The van der Waals surface area contributed by atoms with Gasteiger partial charge in [-0.05, 0) is 125 Å². The van der Waals surface area contributed by atoms with Crippen molar-refractivity contribution in [3.05, 3.63) is 193 Å². The van der Waals surface area contributed by atoms with E-state index in [-0.39, 0.29) is 5.41 Å². The first-order valence-electron chi connectivity index (χ1n) is 19.8. The van der Waals surface area contributed by atoms with Gasteiger partial charge >= 0.3 is 0 Å². The van der Waals surface area contributed by atoms with E-state index in [0.717, 1.165) is 11.2 Å². The molecule has 0 N–H and O–H groups in total. The van der Waals surface area contributed by atoms with Gasteiger partial charge < -0.3 is 4.42 Å². The zero-order valence-corrected chi connectivity index (χ0v) is 32.5. The highest BCUT2D eigenvalue weighted by atomic mass is 32.1. The van der Waals surface area contributed by atoms with Crippen LogP contribution in [0.4, 0.5) is 0 Å². The first-order valence-corrected chi connectivity index (χ1v) is 20.6. The molecule has 0 aliphatic heterocycles. The fourth-order valence-corrected chi connectivity index (χ4v) is 11.0. The summed E-state index contributed by atoms with van der Waals surface area (Å²) in [6.45, 7) is 4.73. The molecule has 11 aromatic rings. The Labute approximate surface area is 335 Å². The van der Waals surface area contributed by atoms with Crippen molar-refractivity contribution in [1.82, 2.24) is 0 Å². The summed E-state index contributed by atoms with van der Waals surface area (Å²) in [5.74, 6) is 0. The fraction of sp³-hybridized carbons (Fsp3) is 0.0545. The van der Waals surface area contributed by atoms with Gasteiger partial charge in [0, 0.05) is 25.8 Å². The molecular weight excluding hydrogens is 709 g/mol. The lowest BCUT2D eigenvalue weighted by molar-refractivity contribution is 0.657. The van der Waals surface area contributed by atoms with Gasteiger partial charge in [0.1, 0.15) is 11.2 Å². The molecule has 0 atom stereocenters. The Hall–Kier alpha value is -6.74. The molecule has 0 saturated heterocycles. The van der Waals surface area contributed by atoms with Crippen molar-refractivity contribution in [2.24, 2.45) is 0 Å². The monoisotopic (exact) mass is 744 g/mol. The Morgan fingerprint density at radius 3 is 1.81 bits per heavy atom. The summed E-state index contributed by atoms with van der Waals surface area (Å²) in [4.78, 5) is 1.30. The molecule has 0 saturated carbocycles. The minimum atomic E-state index is -0.174. The Morgan fingerprint density at radius 2 is 1.05 bits per heavy atom. The summed E-state index contributed by atoms with van der Waals surface area (Å²) in [6, 6.07) is 67.1. The molecule has 0 amide bonds. The molecule has 1 aliphatic carbocycles. The van der Waals surface area contributed by atoms with Crippen molar-refractivity contribution in [3.8, 4) is 54.9 Å². The average molecular weight is 745 g/mol. The number of hydrogen-bond donors (Lipinski definition) is 0. The first kappa shape index (κ1) is 32.5. The smallest absolute Gasteiger partial charge is 0.135 e. The number of fused-ring (bicyclic) bond motifs is 10. The van der Waals surface area contributed by atoms with Gasteiger partial charge in [0.15, 0.2) is 0 Å². The second kappa shape index (κ2) is 12.1. The van der Waals surface area contributed by atoms with Crippen LogP contribution in [0.3, 0.4) is 0 Å². The van der Waals surface area contributed by atoms with E-state index < -0.39 is 0 Å². The summed E-state index contributed by atoms with van der Waals surface area (Å²) in [5, 5.41) is 8.75. The Bertz CT molecular complexity index is 3380. The molecule has 0 fully saturated rings. The molecular formula is C55H36OS. The maximum atomic E-state index is 6.37. The summed E-state index contributed by atoms with van der Waals surface area (Å²) in [5.41, 5.74) is 15.8. The van der Waals surface area contributed by atoms with Gasteiger partial charge in [-0.25, -0.2) is 0 Å². The van der Waals surface area contributed by atoms with Crippen molar-refractivity contribution >= 4 is 64.9 Å². The summed E-state index contributed by atoms with van der Waals surface area (Å²) >= 11 is 1.86. The molecule has 0 spiro atoms. The van der Waals surface area contributed by atoms with Crippen LogP contribution in [0.1, 0.15) is 25.0 Å². The molecule has 9 aromatic carbocycles. The highest BCUT2D eigenvalue weighted by Crippen LogP contribution is 2.54. The second-order valence-electron chi connectivity index (χ2n) is 16.0. The molecule has 12 rings (SSSR count). The maximum Gasteiger partial charge on any atom is 0.135 e. The third kappa shape index (κ3) is 4.75. The zero-order valence-electron chi connectivity index (χ0n) is 31.6. The van der Waals surface area contributed by atoms with E-state index in [9.17, 15) is 0 Å². The van der Waals surface area contributed by atoms with E-state index in [4.69, 9.17) is 4.42 Å². The van der Waals surface area contributed by atoms with Gasteiger partial charge in [-0.3, -0.25) is 0 Å². The van der Waals surface area contributed by atoms with E-state index >= 15 is 0 Å². The standard InChI is InChI=1S/C55H36OS/c1-55(2)46-27-24-34(31-45(46)43-26-28-48-53(54(43)55)44-22-12-13-23-47(44)56-48)37-16-6-7-17-38(37)52-41-20-10-8-18-39(41)51(40-19-9-11-21-42(40)52)35-25-29-49-36(30-35)32-50(57-49)33-14-4-3-5-15-33/h3-32H,1-2H3. The second-order valence-corrected chi connectivity index (χ2v) is 17.0. The summed E-state index contributed by atoms with van der Waals surface area (Å²) < 4.78 is 7.68. The molecule has 2 aromatic heterocycles. The van der Waals surface area contributed by atoms with Crippen LogP contribution in [0, 0.1) is 0 Å². The van der Waals surface area contributed by atoms with Gasteiger partial charge in [-0.15, -0.1) is 11.3 Å². The summed E-state index contributed by atoms with van der Waals surface area (Å²) in [6.07, 6.45) is 0. The zero-order chi connectivity index (χ0) is 37.8. The van der Waals surface area contributed by atoms with Gasteiger partial charge in [0.25, 0.3) is 0 Å². The van der Waals surface area contributed by atoms with Gasteiger partial charge in [-0.2, -0.15) is 0 Å². The lowest BCUT2D eigenvalue weighted by atomic mass is 9.80. The predicted molar refractivity (Wildman–Crippen MR) is 243 cm³/mol. The molecule has 2 heterocycles. The maximum absolute atomic E-state index is 6.37. The molecule has 0 radical (unpaired) electrons. The van der Waals surface area contributed by atoms with Crippen molar-refractivity contribution in [3.63, 3.8) is 0 Å².